The Labute approximate surface area is 267 Å². The molecule has 0 amide bonds. The van der Waals surface area contributed by atoms with Crippen LogP contribution in [-0.4, -0.2) is 0 Å². The van der Waals surface area contributed by atoms with Crippen LogP contribution >= 0.6 is 0 Å². The first-order valence-corrected chi connectivity index (χ1v) is 12.9. The minimum absolute atomic E-state index is 0.263. The normalized spacial score (nSPS) is 12.1. The van der Waals surface area contributed by atoms with E-state index in [2.05, 4.69) is 0 Å². The summed E-state index contributed by atoms with van der Waals surface area (Å²) >= 11 is 0. The molecule has 0 saturated heterocycles. The van der Waals surface area contributed by atoms with Crippen molar-refractivity contribution in [2.75, 3.05) is 0 Å². The van der Waals surface area contributed by atoms with Crippen molar-refractivity contribution in [3.05, 3.63) is 115 Å². The van der Waals surface area contributed by atoms with E-state index < -0.39 is 95.7 Å². The Morgan fingerprint density at radius 1 is 0.417 bits per heavy atom. The maximum absolute atomic E-state index is 15.4. The summed E-state index contributed by atoms with van der Waals surface area (Å²) in [6.07, 6.45) is 0. The minimum Gasteiger partial charge on any atom is -0.206 e. The number of rotatable bonds is 2. The van der Waals surface area contributed by atoms with Crippen LogP contribution in [0.15, 0.2) is 41.5 Å². The summed E-state index contributed by atoms with van der Waals surface area (Å²) in [5.41, 5.74) is -8.61. The fourth-order valence-electron chi connectivity index (χ4n) is 5.69. The molecule has 0 radical (unpaired) electrons. The third-order valence-corrected chi connectivity index (χ3v) is 7.54. The Balaban J connectivity index is 2.07. The molecule has 13 heteroatoms. The Morgan fingerprint density at radius 3 is 1.08 bits per heavy atom. The first-order chi connectivity index (χ1) is 23.1. The molecule has 0 aromatic heterocycles. The molecule has 5 rings (SSSR count). The molecule has 3 aromatic carbocycles. The second-order valence-electron chi connectivity index (χ2n) is 9.73. The highest BCUT2D eigenvalue weighted by molar-refractivity contribution is 6.31. The fraction of sp³-hybridized carbons (Fsp3) is 0. The summed E-state index contributed by atoms with van der Waals surface area (Å²) < 4.78 is 59.4. The van der Waals surface area contributed by atoms with Gasteiger partial charge in [0.1, 0.15) is 89.0 Å². The monoisotopic (exact) mass is 627 g/mol. The minimum atomic E-state index is -1.31. The molecule has 2 aliphatic carbocycles. The highest BCUT2D eigenvalue weighted by Gasteiger charge is 2.41. The van der Waals surface area contributed by atoms with Crippen LogP contribution in [0.1, 0.15) is 50.1 Å². The quantitative estimate of drug-likeness (QED) is 0.228. The molecule has 3 aromatic rings. The third kappa shape index (κ3) is 4.23. The average molecular weight is 627 g/mol. The predicted molar refractivity (Wildman–Crippen MR) is 154 cm³/mol. The largest absolute Gasteiger partial charge is 0.206 e. The summed E-state index contributed by atoms with van der Waals surface area (Å²) in [4.78, 5) is 0. The van der Waals surface area contributed by atoms with Crippen molar-refractivity contribution >= 4 is 33.4 Å². The van der Waals surface area contributed by atoms with E-state index in [0.29, 0.717) is 12.1 Å². The zero-order valence-corrected chi connectivity index (χ0v) is 23.4. The van der Waals surface area contributed by atoms with E-state index in [1.54, 1.807) is 36.4 Å². The maximum atomic E-state index is 15.4. The summed E-state index contributed by atoms with van der Waals surface area (Å²) in [5.74, 6) is -5.12. The Kier molecular flexibility index (Phi) is 7.59. The van der Waals surface area contributed by atoms with Crippen molar-refractivity contribution in [3.8, 4) is 54.6 Å². The van der Waals surface area contributed by atoms with Gasteiger partial charge in [0.15, 0.2) is 0 Å². The first kappa shape index (κ1) is 31.2. The lowest BCUT2D eigenvalue weighted by molar-refractivity contribution is 0.578. The van der Waals surface area contributed by atoms with Crippen molar-refractivity contribution in [1.29, 1.82) is 47.4 Å². The highest BCUT2D eigenvalue weighted by Crippen LogP contribution is 2.56. The topological polar surface area (TPSA) is 214 Å². The van der Waals surface area contributed by atoms with Crippen molar-refractivity contribution < 1.29 is 17.6 Å². The molecular weight excluding hydrogens is 622 g/mol. The third-order valence-electron chi connectivity index (χ3n) is 7.54. The predicted octanol–water partition coefficient (Wildman–Crippen LogP) is 6.36. The van der Waals surface area contributed by atoms with E-state index >= 15 is 8.78 Å². The number of fused-ring (bicyclic) bond motifs is 2. The summed E-state index contributed by atoms with van der Waals surface area (Å²) in [6, 6.07) is 18.2. The Hall–Kier alpha value is -8.25. The Morgan fingerprint density at radius 2 is 0.792 bits per heavy atom. The molecule has 9 nitrogen and oxygen atoms in total. The number of halogens is 4. The average Bonchev–Trinajstić information content (AvgIpc) is 3.57. The van der Waals surface area contributed by atoms with Gasteiger partial charge in [-0.2, -0.15) is 47.4 Å². The van der Waals surface area contributed by atoms with Crippen LogP contribution in [0, 0.1) is 125 Å². The van der Waals surface area contributed by atoms with Crippen LogP contribution in [0.2, 0.25) is 0 Å². The van der Waals surface area contributed by atoms with E-state index in [4.69, 9.17) is 0 Å². The van der Waals surface area contributed by atoms with Crippen LogP contribution < -0.4 is 0 Å². The van der Waals surface area contributed by atoms with Gasteiger partial charge in [0, 0.05) is 56.7 Å². The van der Waals surface area contributed by atoms with E-state index in [9.17, 15) is 56.1 Å². The fourth-order valence-corrected chi connectivity index (χ4v) is 5.69. The number of hydrogen-bond acceptors (Lipinski definition) is 9. The van der Waals surface area contributed by atoms with Gasteiger partial charge in [-0.1, -0.05) is 0 Å². The van der Waals surface area contributed by atoms with Crippen LogP contribution in [-0.2, 0) is 0 Å². The molecule has 0 bridgehead atoms. The van der Waals surface area contributed by atoms with Gasteiger partial charge in [0.25, 0.3) is 0 Å². The van der Waals surface area contributed by atoms with Gasteiger partial charge in [-0.3, -0.25) is 0 Å². The molecule has 0 atom stereocenters. The van der Waals surface area contributed by atoms with E-state index in [1.165, 1.54) is 12.1 Å². The van der Waals surface area contributed by atoms with Crippen molar-refractivity contribution in [2.24, 2.45) is 0 Å². The van der Waals surface area contributed by atoms with Gasteiger partial charge < -0.3 is 0 Å². The molecule has 48 heavy (non-hydrogen) atoms. The number of nitriles is 9. The summed E-state index contributed by atoms with van der Waals surface area (Å²) in [5, 5.41) is 89.6. The smallest absolute Gasteiger partial charge is 0.143 e. The van der Waals surface area contributed by atoms with Gasteiger partial charge in [-0.25, -0.2) is 17.6 Å². The van der Waals surface area contributed by atoms with E-state index in [0.717, 1.165) is 18.2 Å². The summed E-state index contributed by atoms with van der Waals surface area (Å²) in [6.45, 7) is 0. The number of allylic oxidation sites excluding steroid dienone is 8. The molecule has 0 fully saturated rings. The first-order valence-electron chi connectivity index (χ1n) is 12.9. The van der Waals surface area contributed by atoms with Gasteiger partial charge in [-0.15, -0.1) is 0 Å². The molecule has 218 valence electrons. The van der Waals surface area contributed by atoms with Crippen LogP contribution in [0.4, 0.5) is 17.6 Å². The highest BCUT2D eigenvalue weighted by atomic mass is 19.1. The molecular formula is C35H5F4N9. The molecule has 0 N–H and O–H groups in total. The molecule has 0 spiro atoms. The lowest BCUT2D eigenvalue weighted by atomic mass is 9.86. The summed E-state index contributed by atoms with van der Waals surface area (Å²) in [7, 11) is 0. The van der Waals surface area contributed by atoms with Gasteiger partial charge in [0.2, 0.25) is 0 Å². The second kappa shape index (κ2) is 11.7. The van der Waals surface area contributed by atoms with Crippen LogP contribution in [0.5, 0.6) is 0 Å². The standard InChI is InChI=1S/C35H5F4N9/c36-26-4-28(38)19(1-15(26)6-40)34-24(13-47)32-21(30(34)17(8-42)9-43)3-22-31(18(10-44)11-45)35(25(14-48)33(22)23(32)12-46)20-2-16(7-41)27(37)5-29(20)39/h1-5H. The number of nitrogens with zero attached hydrogens (tertiary/aromatic N) is 9. The van der Waals surface area contributed by atoms with Crippen molar-refractivity contribution in [2.45, 2.75) is 0 Å². The molecule has 0 heterocycles. The lowest BCUT2D eigenvalue weighted by Crippen LogP contribution is -2.00. The van der Waals surface area contributed by atoms with Crippen LogP contribution in [0.3, 0.4) is 0 Å². The second-order valence-corrected chi connectivity index (χ2v) is 9.73. The number of hydrogen-bond donors (Lipinski definition) is 0. The Bertz CT molecular complexity index is 2440. The molecule has 0 saturated carbocycles. The zero-order valence-electron chi connectivity index (χ0n) is 23.4. The maximum Gasteiger partial charge on any atom is 0.143 e. The van der Waals surface area contributed by atoms with Gasteiger partial charge in [-0.05, 0) is 29.3 Å². The number of benzene rings is 3. The van der Waals surface area contributed by atoms with Gasteiger partial charge in [0.05, 0.1) is 27.8 Å². The molecule has 0 aliphatic heterocycles. The zero-order chi connectivity index (χ0) is 35.0. The van der Waals surface area contributed by atoms with Crippen molar-refractivity contribution in [3.63, 3.8) is 0 Å². The lowest BCUT2D eigenvalue weighted by Gasteiger charge is -2.13. The molecule has 0 unspecified atom stereocenters. The van der Waals surface area contributed by atoms with Crippen molar-refractivity contribution in [1.82, 2.24) is 0 Å². The SMILES string of the molecule is N#CC(C#N)=C1C(c2cc(C#N)c(F)cc2F)=C(C#N)c2c1cc1c(c2C#N)C(C#N)=C(c2cc(C#N)c(F)cc2F)C1=C(C#N)C#N. The van der Waals surface area contributed by atoms with E-state index in [1.807, 2.05) is 6.07 Å². The van der Waals surface area contributed by atoms with Gasteiger partial charge >= 0.3 is 0 Å². The van der Waals surface area contributed by atoms with Crippen LogP contribution in [0.25, 0.3) is 33.4 Å². The molecule has 2 aliphatic rings. The van der Waals surface area contributed by atoms with E-state index in [-0.39, 0.29) is 22.3 Å².